The van der Waals surface area contributed by atoms with Crippen molar-refractivity contribution >= 4 is 34.2 Å². The van der Waals surface area contributed by atoms with Crippen molar-refractivity contribution in [2.45, 2.75) is 59.9 Å². The van der Waals surface area contributed by atoms with Gasteiger partial charge in [0.1, 0.15) is 11.3 Å². The van der Waals surface area contributed by atoms with Gasteiger partial charge in [0.05, 0.1) is 18.1 Å². The average molecular weight is 460 g/mol. The molecule has 0 spiro atoms. The van der Waals surface area contributed by atoms with Crippen molar-refractivity contribution in [3.8, 4) is 0 Å². The van der Waals surface area contributed by atoms with Gasteiger partial charge < -0.3 is 20.9 Å². The fourth-order valence-electron chi connectivity index (χ4n) is 3.47. The molecule has 0 aromatic carbocycles. The summed E-state index contributed by atoms with van der Waals surface area (Å²) in [6.45, 7) is 12.7. The van der Waals surface area contributed by atoms with Crippen LogP contribution in [0.4, 0.5) is 11.5 Å². The number of nitrogens with zero attached hydrogens (tertiary/aromatic N) is 5. The van der Waals surface area contributed by atoms with Gasteiger partial charge in [0.2, 0.25) is 0 Å². The molecule has 1 atom stereocenters. The van der Waals surface area contributed by atoms with Crippen molar-refractivity contribution in [1.29, 1.82) is 0 Å². The van der Waals surface area contributed by atoms with Crippen LogP contribution >= 0.6 is 0 Å². The highest BCUT2D eigenvalue weighted by molar-refractivity contribution is 6.40. The summed E-state index contributed by atoms with van der Waals surface area (Å²) < 4.78 is 1.58. The zero-order valence-electron chi connectivity index (χ0n) is 21.3. The summed E-state index contributed by atoms with van der Waals surface area (Å²) in [5, 5.41) is 7.41. The molecule has 1 unspecified atom stereocenters. The van der Waals surface area contributed by atoms with Crippen LogP contribution < -0.4 is 11.1 Å². The Kier molecular flexibility index (Phi) is 9.64. The molecule has 2 aliphatic rings. The minimum absolute atomic E-state index is 0.221. The molecule has 33 heavy (non-hydrogen) atoms. The SMILES string of the molecule is CC(C)C.CC1CCC1.CC1CN(C(=O)C(=O)Nc2cnc(N)c3c2cnn3C)CCN1C. The van der Waals surface area contributed by atoms with Gasteiger partial charge in [0.25, 0.3) is 0 Å². The Morgan fingerprint density at radius 2 is 1.73 bits per heavy atom. The number of hydrogen-bond acceptors (Lipinski definition) is 6. The number of piperazine rings is 1. The second kappa shape index (κ2) is 12.0. The number of likely N-dealkylation sites (N-methyl/N-ethyl adjacent to an activating group) is 1. The van der Waals surface area contributed by atoms with Gasteiger partial charge in [-0.25, -0.2) is 4.98 Å². The number of fused-ring (bicyclic) bond motifs is 1. The van der Waals surface area contributed by atoms with Gasteiger partial charge in [-0.3, -0.25) is 14.3 Å². The number of nitrogens with one attached hydrogen (secondary N) is 1. The Morgan fingerprint density at radius 1 is 1.12 bits per heavy atom. The molecule has 0 bridgehead atoms. The van der Waals surface area contributed by atoms with Crippen LogP contribution in [0.5, 0.6) is 0 Å². The van der Waals surface area contributed by atoms with Crippen LogP contribution in [0.1, 0.15) is 53.9 Å². The Bertz CT molecular complexity index is 934. The molecule has 1 aliphatic carbocycles. The molecule has 9 nitrogen and oxygen atoms in total. The first-order valence-electron chi connectivity index (χ1n) is 11.9. The number of aryl methyl sites for hydroxylation is 1. The quantitative estimate of drug-likeness (QED) is 0.634. The first-order valence-corrected chi connectivity index (χ1v) is 11.9. The predicted molar refractivity (Wildman–Crippen MR) is 134 cm³/mol. The van der Waals surface area contributed by atoms with E-state index in [2.05, 4.69) is 48.0 Å². The van der Waals surface area contributed by atoms with E-state index in [0.717, 1.165) is 18.4 Å². The Morgan fingerprint density at radius 3 is 2.24 bits per heavy atom. The lowest BCUT2D eigenvalue weighted by Crippen LogP contribution is -2.54. The van der Waals surface area contributed by atoms with Crippen molar-refractivity contribution in [3.63, 3.8) is 0 Å². The molecule has 2 aromatic rings. The van der Waals surface area contributed by atoms with Crippen molar-refractivity contribution in [2.24, 2.45) is 18.9 Å². The van der Waals surface area contributed by atoms with E-state index in [0.29, 0.717) is 35.5 Å². The van der Waals surface area contributed by atoms with Gasteiger partial charge in [-0.2, -0.15) is 5.10 Å². The minimum Gasteiger partial charge on any atom is -0.382 e. The van der Waals surface area contributed by atoms with E-state index < -0.39 is 11.8 Å². The molecule has 3 heterocycles. The van der Waals surface area contributed by atoms with E-state index in [9.17, 15) is 9.59 Å². The van der Waals surface area contributed by atoms with Gasteiger partial charge >= 0.3 is 11.8 Å². The maximum absolute atomic E-state index is 12.4. The van der Waals surface area contributed by atoms with Crippen molar-refractivity contribution in [2.75, 3.05) is 37.7 Å². The zero-order valence-corrected chi connectivity index (χ0v) is 21.3. The Labute approximate surface area is 197 Å². The normalized spacial score (nSPS) is 18.7. The van der Waals surface area contributed by atoms with E-state index in [-0.39, 0.29) is 6.04 Å². The Balaban J connectivity index is 0.000000359. The lowest BCUT2D eigenvalue weighted by molar-refractivity contribution is -0.144. The molecule has 184 valence electrons. The number of aromatic nitrogens is 3. The molecule has 1 aliphatic heterocycles. The van der Waals surface area contributed by atoms with Crippen molar-refractivity contribution in [3.05, 3.63) is 12.4 Å². The first-order chi connectivity index (χ1) is 15.5. The number of hydrogen-bond donors (Lipinski definition) is 2. The monoisotopic (exact) mass is 459 g/mol. The lowest BCUT2D eigenvalue weighted by atomic mass is 9.88. The van der Waals surface area contributed by atoms with Crippen molar-refractivity contribution < 1.29 is 9.59 Å². The minimum atomic E-state index is -0.677. The number of pyridine rings is 1. The number of rotatable bonds is 1. The third kappa shape index (κ3) is 7.42. The molecule has 2 aromatic heterocycles. The van der Waals surface area contributed by atoms with Gasteiger partial charge in [-0.05, 0) is 25.8 Å². The van der Waals surface area contributed by atoms with Crippen molar-refractivity contribution in [1.82, 2.24) is 24.6 Å². The largest absolute Gasteiger partial charge is 0.382 e. The Hall–Kier alpha value is -2.68. The maximum Gasteiger partial charge on any atom is 0.313 e. The highest BCUT2D eigenvalue weighted by Gasteiger charge is 2.28. The molecule has 2 fully saturated rings. The zero-order chi connectivity index (χ0) is 24.7. The predicted octanol–water partition coefficient (Wildman–Crippen LogP) is 3.12. The average Bonchev–Trinajstić information content (AvgIpc) is 3.13. The number of nitrogens with two attached hydrogens (primary N) is 1. The summed E-state index contributed by atoms with van der Waals surface area (Å²) in [5.74, 6) is 1.00. The van der Waals surface area contributed by atoms with Crippen LogP contribution in [0, 0.1) is 11.8 Å². The number of nitrogen functional groups attached to an aromatic ring is 1. The summed E-state index contributed by atoms with van der Waals surface area (Å²) >= 11 is 0. The molecule has 3 N–H and O–H groups in total. The standard InChI is InChI=1S/C15H21N7O2.C5H10.C4H10/c1-9-8-22(5-4-20(9)2)15(24)14(23)19-11-7-17-13(16)12-10(11)6-18-21(12)3;1-5-3-2-4-5;1-4(2)3/h6-7,9H,4-5,8H2,1-3H3,(H2,16,17)(H,19,23);5H,2-4H2,1H3;4H,1-3H3. The summed E-state index contributed by atoms with van der Waals surface area (Å²) in [7, 11) is 3.74. The molecule has 1 saturated carbocycles. The molecule has 1 saturated heterocycles. The molecule has 0 radical (unpaired) electrons. The number of anilines is 2. The second-order valence-electron chi connectivity index (χ2n) is 9.89. The highest BCUT2D eigenvalue weighted by Crippen LogP contribution is 2.26. The fourth-order valence-corrected chi connectivity index (χ4v) is 3.47. The lowest BCUT2D eigenvalue weighted by Gasteiger charge is -2.37. The number of carbonyl (C=O) groups is 2. The molecule has 9 heteroatoms. The molecular formula is C24H41N7O2. The van der Waals surface area contributed by atoms with Gasteiger partial charge in [-0.1, -0.05) is 47.0 Å². The number of amides is 2. The third-order valence-corrected chi connectivity index (χ3v) is 5.89. The number of carbonyl (C=O) groups excluding carboxylic acids is 2. The van der Waals surface area contributed by atoms with Gasteiger partial charge in [-0.15, -0.1) is 0 Å². The second-order valence-corrected chi connectivity index (χ2v) is 9.89. The molecular weight excluding hydrogens is 418 g/mol. The van der Waals surface area contributed by atoms with Crippen LogP contribution in [0.2, 0.25) is 0 Å². The molecule has 4 rings (SSSR count). The first kappa shape index (κ1) is 26.6. The highest BCUT2D eigenvalue weighted by atomic mass is 16.2. The van der Waals surface area contributed by atoms with E-state index in [4.69, 9.17) is 5.73 Å². The van der Waals surface area contributed by atoms with E-state index in [1.807, 2.05) is 14.0 Å². The fraction of sp³-hybridized carbons (Fsp3) is 0.667. The topological polar surface area (TPSA) is 109 Å². The van der Waals surface area contributed by atoms with Crippen LogP contribution in [0.15, 0.2) is 12.4 Å². The third-order valence-electron chi connectivity index (χ3n) is 5.89. The summed E-state index contributed by atoms with van der Waals surface area (Å²) in [5.41, 5.74) is 6.88. The summed E-state index contributed by atoms with van der Waals surface area (Å²) in [6, 6.07) is 0.221. The van der Waals surface area contributed by atoms with Gasteiger partial charge in [0.15, 0.2) is 0 Å². The smallest absolute Gasteiger partial charge is 0.313 e. The summed E-state index contributed by atoms with van der Waals surface area (Å²) in [6.07, 6.45) is 7.49. The summed E-state index contributed by atoms with van der Waals surface area (Å²) in [4.78, 5) is 32.5. The van der Waals surface area contributed by atoms with Crippen LogP contribution in [0.25, 0.3) is 10.9 Å². The van der Waals surface area contributed by atoms with Crippen LogP contribution in [0.3, 0.4) is 0 Å². The van der Waals surface area contributed by atoms with E-state index in [1.54, 1.807) is 22.8 Å². The van der Waals surface area contributed by atoms with Crippen LogP contribution in [-0.4, -0.2) is 69.1 Å². The molecule has 2 amide bonds. The van der Waals surface area contributed by atoms with E-state index in [1.165, 1.54) is 25.5 Å². The van der Waals surface area contributed by atoms with Gasteiger partial charge in [0, 0.05) is 38.1 Å². The van der Waals surface area contributed by atoms with Crippen LogP contribution in [-0.2, 0) is 16.6 Å². The van der Waals surface area contributed by atoms with E-state index >= 15 is 0 Å². The maximum atomic E-state index is 12.4.